The topological polar surface area (TPSA) is 64.2 Å². The van der Waals surface area contributed by atoms with Crippen molar-refractivity contribution in [3.05, 3.63) is 0 Å². The van der Waals surface area contributed by atoms with E-state index in [0.29, 0.717) is 11.5 Å². The van der Waals surface area contributed by atoms with E-state index in [2.05, 4.69) is 6.07 Å². The molecule has 0 aromatic heterocycles. The molecule has 0 aliphatic heterocycles. The zero-order chi connectivity index (χ0) is 8.69. The standard InChI is InChI=1S/C7H13NO2S/c1-6(2-8)4-11-5-7(10)3-9/h6-7,9-10H,3-5H2,1H3. The summed E-state index contributed by atoms with van der Waals surface area (Å²) >= 11 is 1.49. The average molecular weight is 175 g/mol. The second-order valence-corrected chi connectivity index (χ2v) is 3.48. The molecule has 0 aliphatic rings. The first-order chi connectivity index (χ1) is 5.20. The highest BCUT2D eigenvalue weighted by Gasteiger charge is 2.03. The van der Waals surface area contributed by atoms with Gasteiger partial charge in [0.1, 0.15) is 0 Å². The molecule has 0 spiro atoms. The maximum Gasteiger partial charge on any atom is 0.0861 e. The Hall–Kier alpha value is -0.240. The molecule has 2 atom stereocenters. The average Bonchev–Trinajstić information content (AvgIpc) is 2.04. The summed E-state index contributed by atoms with van der Waals surface area (Å²) in [5.74, 6) is 1.24. The Balaban J connectivity index is 3.21. The van der Waals surface area contributed by atoms with Gasteiger partial charge in [-0.05, 0) is 6.92 Å². The molecule has 0 aromatic rings. The van der Waals surface area contributed by atoms with E-state index >= 15 is 0 Å². The lowest BCUT2D eigenvalue weighted by molar-refractivity contribution is 0.113. The molecule has 0 fully saturated rings. The third kappa shape index (κ3) is 6.17. The molecule has 0 heterocycles. The fourth-order valence-electron chi connectivity index (χ4n) is 0.471. The minimum absolute atomic E-state index is 0.0193. The molecule has 0 aromatic carbocycles. The molecule has 0 saturated carbocycles. The molecular formula is C7H13NO2S. The molecule has 0 saturated heterocycles. The van der Waals surface area contributed by atoms with Crippen LogP contribution in [0, 0.1) is 17.2 Å². The quantitative estimate of drug-likeness (QED) is 0.628. The maximum absolute atomic E-state index is 8.89. The smallest absolute Gasteiger partial charge is 0.0861 e. The van der Waals surface area contributed by atoms with Gasteiger partial charge in [0, 0.05) is 11.5 Å². The fraction of sp³-hybridized carbons (Fsp3) is 0.857. The van der Waals surface area contributed by atoms with Crippen LogP contribution in [0.25, 0.3) is 0 Å². The third-order valence-electron chi connectivity index (χ3n) is 1.11. The number of thioether (sulfide) groups is 1. The third-order valence-corrected chi connectivity index (χ3v) is 2.47. The summed E-state index contributed by atoms with van der Waals surface area (Å²) in [5.41, 5.74) is 0. The zero-order valence-corrected chi connectivity index (χ0v) is 7.34. The summed E-state index contributed by atoms with van der Waals surface area (Å²) in [4.78, 5) is 0. The van der Waals surface area contributed by atoms with E-state index < -0.39 is 6.10 Å². The number of hydrogen-bond acceptors (Lipinski definition) is 4. The van der Waals surface area contributed by atoms with Gasteiger partial charge in [-0.15, -0.1) is 0 Å². The summed E-state index contributed by atoms with van der Waals surface area (Å²) in [5, 5.41) is 25.7. The first-order valence-electron chi connectivity index (χ1n) is 3.47. The highest BCUT2D eigenvalue weighted by atomic mass is 32.2. The largest absolute Gasteiger partial charge is 0.394 e. The Morgan fingerprint density at radius 1 is 1.55 bits per heavy atom. The first-order valence-corrected chi connectivity index (χ1v) is 4.62. The van der Waals surface area contributed by atoms with Gasteiger partial charge in [0.2, 0.25) is 0 Å². The first kappa shape index (κ1) is 10.8. The monoisotopic (exact) mass is 175 g/mol. The summed E-state index contributed by atoms with van der Waals surface area (Å²) in [6.07, 6.45) is -0.647. The van der Waals surface area contributed by atoms with Gasteiger partial charge < -0.3 is 10.2 Å². The van der Waals surface area contributed by atoms with E-state index in [-0.39, 0.29) is 12.5 Å². The summed E-state index contributed by atoms with van der Waals surface area (Å²) in [6.45, 7) is 1.63. The predicted octanol–water partition coefficient (Wildman–Crippen LogP) is 0.232. The van der Waals surface area contributed by atoms with E-state index in [1.54, 1.807) is 0 Å². The van der Waals surface area contributed by atoms with Crippen molar-refractivity contribution in [2.24, 2.45) is 5.92 Å². The molecule has 4 heteroatoms. The summed E-state index contributed by atoms with van der Waals surface area (Å²) in [6, 6.07) is 2.09. The van der Waals surface area contributed by atoms with Gasteiger partial charge in [-0.25, -0.2) is 0 Å². The van der Waals surface area contributed by atoms with Crippen LogP contribution in [0.15, 0.2) is 0 Å². The lowest BCUT2D eigenvalue weighted by atomic mass is 10.3. The molecule has 2 N–H and O–H groups in total. The molecule has 2 unspecified atom stereocenters. The van der Waals surface area contributed by atoms with Gasteiger partial charge in [0.25, 0.3) is 0 Å². The summed E-state index contributed by atoms with van der Waals surface area (Å²) in [7, 11) is 0. The van der Waals surface area contributed by atoms with Gasteiger partial charge in [0.05, 0.1) is 24.7 Å². The lowest BCUT2D eigenvalue weighted by Gasteiger charge is -2.06. The van der Waals surface area contributed by atoms with Crippen LogP contribution in [0.4, 0.5) is 0 Å². The van der Waals surface area contributed by atoms with Crippen LogP contribution in [0.1, 0.15) is 6.92 Å². The normalized spacial score (nSPS) is 15.5. The van der Waals surface area contributed by atoms with Crippen molar-refractivity contribution in [2.75, 3.05) is 18.1 Å². The van der Waals surface area contributed by atoms with Crippen molar-refractivity contribution < 1.29 is 10.2 Å². The molecular weight excluding hydrogens is 162 g/mol. The van der Waals surface area contributed by atoms with Crippen LogP contribution in [0.3, 0.4) is 0 Å². The second kappa shape index (κ2) is 6.47. The van der Waals surface area contributed by atoms with Gasteiger partial charge >= 0.3 is 0 Å². The number of hydrogen-bond donors (Lipinski definition) is 2. The molecule has 0 amide bonds. The van der Waals surface area contributed by atoms with Gasteiger partial charge in [-0.3, -0.25) is 0 Å². The predicted molar refractivity (Wildman–Crippen MR) is 45.2 cm³/mol. The SMILES string of the molecule is CC(C#N)CSCC(O)CO. The van der Waals surface area contributed by atoms with Crippen molar-refractivity contribution in [3.63, 3.8) is 0 Å². The Labute approximate surface area is 71.0 Å². The number of aliphatic hydroxyl groups excluding tert-OH is 2. The fourth-order valence-corrected chi connectivity index (χ4v) is 1.41. The number of nitriles is 1. The van der Waals surface area contributed by atoms with Crippen LogP contribution in [0.5, 0.6) is 0 Å². The van der Waals surface area contributed by atoms with Crippen molar-refractivity contribution in [1.29, 1.82) is 5.26 Å². The Morgan fingerprint density at radius 2 is 2.18 bits per heavy atom. The van der Waals surface area contributed by atoms with E-state index in [4.69, 9.17) is 15.5 Å². The molecule has 3 nitrogen and oxygen atoms in total. The van der Waals surface area contributed by atoms with Crippen LogP contribution in [0.2, 0.25) is 0 Å². The van der Waals surface area contributed by atoms with E-state index in [9.17, 15) is 0 Å². The lowest BCUT2D eigenvalue weighted by Crippen LogP contribution is -2.15. The maximum atomic E-state index is 8.89. The Bertz CT molecular complexity index is 135. The van der Waals surface area contributed by atoms with Gasteiger partial charge in [0.15, 0.2) is 0 Å². The van der Waals surface area contributed by atoms with Gasteiger partial charge in [-0.1, -0.05) is 0 Å². The number of rotatable bonds is 5. The van der Waals surface area contributed by atoms with Crippen molar-refractivity contribution in [1.82, 2.24) is 0 Å². The number of aliphatic hydroxyl groups is 2. The Morgan fingerprint density at radius 3 is 2.64 bits per heavy atom. The molecule has 0 aliphatic carbocycles. The zero-order valence-electron chi connectivity index (χ0n) is 6.53. The molecule has 11 heavy (non-hydrogen) atoms. The van der Waals surface area contributed by atoms with E-state index in [1.165, 1.54) is 11.8 Å². The van der Waals surface area contributed by atoms with E-state index in [1.807, 2.05) is 6.92 Å². The molecule has 0 radical (unpaired) electrons. The minimum atomic E-state index is -0.647. The number of nitrogens with zero attached hydrogens (tertiary/aromatic N) is 1. The molecule has 64 valence electrons. The van der Waals surface area contributed by atoms with Crippen LogP contribution < -0.4 is 0 Å². The van der Waals surface area contributed by atoms with Crippen molar-refractivity contribution in [3.8, 4) is 6.07 Å². The molecule has 0 bridgehead atoms. The molecule has 0 rings (SSSR count). The van der Waals surface area contributed by atoms with Crippen LogP contribution in [-0.4, -0.2) is 34.4 Å². The minimum Gasteiger partial charge on any atom is -0.394 e. The Kier molecular flexibility index (Phi) is 6.33. The summed E-state index contributed by atoms with van der Waals surface area (Å²) < 4.78 is 0. The van der Waals surface area contributed by atoms with Crippen LogP contribution in [-0.2, 0) is 0 Å². The van der Waals surface area contributed by atoms with Crippen LogP contribution >= 0.6 is 11.8 Å². The van der Waals surface area contributed by atoms with E-state index in [0.717, 1.165) is 0 Å². The van der Waals surface area contributed by atoms with Crippen molar-refractivity contribution in [2.45, 2.75) is 13.0 Å². The second-order valence-electron chi connectivity index (χ2n) is 2.40. The van der Waals surface area contributed by atoms with Gasteiger partial charge in [-0.2, -0.15) is 17.0 Å². The highest BCUT2D eigenvalue weighted by Crippen LogP contribution is 2.08. The highest BCUT2D eigenvalue weighted by molar-refractivity contribution is 7.99. The van der Waals surface area contributed by atoms with Crippen molar-refractivity contribution >= 4 is 11.8 Å².